The van der Waals surface area contributed by atoms with E-state index in [1.54, 1.807) is 0 Å². The van der Waals surface area contributed by atoms with Crippen molar-refractivity contribution in [1.82, 2.24) is 5.06 Å². The summed E-state index contributed by atoms with van der Waals surface area (Å²) >= 11 is 6.04. The van der Waals surface area contributed by atoms with E-state index in [1.165, 1.54) is 0 Å². The number of likely N-dealkylation sites (N-methyl/N-ethyl adjacent to an activating group) is 1. The number of hydrogen-bond acceptors (Lipinski definition) is 2. The van der Waals surface area contributed by atoms with Gasteiger partial charge in [-0.2, -0.15) is 0 Å². The molecule has 1 heterocycles. The maximum Gasteiger partial charge on any atom is 0.152 e. The normalized spacial score (nSPS) is 19.1. The van der Waals surface area contributed by atoms with E-state index in [4.69, 9.17) is 16.4 Å². The molecule has 2 aromatic rings. The summed E-state index contributed by atoms with van der Waals surface area (Å²) in [6, 6.07) is 18.0. The summed E-state index contributed by atoms with van der Waals surface area (Å²) in [6.45, 7) is 0. The monoisotopic (exact) mass is 271 g/mol. The van der Waals surface area contributed by atoms with Gasteiger partial charge in [-0.05, 0) is 23.8 Å². The first kappa shape index (κ1) is 12.3. The Morgan fingerprint density at radius 1 is 1.05 bits per heavy atom. The van der Waals surface area contributed by atoms with Crippen molar-refractivity contribution in [3.63, 3.8) is 0 Å². The highest BCUT2D eigenvalue weighted by molar-refractivity contribution is 6.30. The van der Waals surface area contributed by atoms with Crippen molar-refractivity contribution in [2.45, 2.75) is 6.04 Å². The fraction of sp³-hybridized carbons (Fsp3) is 0.125. The third kappa shape index (κ3) is 2.50. The molecule has 1 aliphatic rings. The molecular formula is C16H14ClNO. The molecule has 0 spiro atoms. The molecule has 0 fully saturated rings. The van der Waals surface area contributed by atoms with Gasteiger partial charge in [-0.1, -0.05) is 54.1 Å². The molecule has 0 amide bonds. The highest BCUT2D eigenvalue weighted by Crippen LogP contribution is 2.34. The van der Waals surface area contributed by atoms with Crippen LogP contribution in [0, 0.1) is 0 Å². The van der Waals surface area contributed by atoms with Crippen molar-refractivity contribution >= 4 is 17.4 Å². The molecule has 2 aromatic carbocycles. The van der Waals surface area contributed by atoms with Crippen LogP contribution in [0.5, 0.6) is 0 Å². The lowest BCUT2D eigenvalue weighted by Crippen LogP contribution is -2.17. The molecule has 1 unspecified atom stereocenters. The van der Waals surface area contributed by atoms with Crippen LogP contribution in [0.1, 0.15) is 17.2 Å². The lowest BCUT2D eigenvalue weighted by Gasteiger charge is -2.18. The zero-order valence-electron chi connectivity index (χ0n) is 10.6. The summed E-state index contributed by atoms with van der Waals surface area (Å²) in [5.74, 6) is 0.882. The van der Waals surface area contributed by atoms with Crippen LogP contribution in [0.2, 0.25) is 5.02 Å². The Morgan fingerprint density at radius 3 is 2.58 bits per heavy atom. The van der Waals surface area contributed by atoms with Crippen LogP contribution in [0.3, 0.4) is 0 Å². The SMILES string of the molecule is CN1OC(c2ccccc2)=CC1c1cccc(Cl)c1. The first-order valence-electron chi connectivity index (χ1n) is 6.17. The Bertz CT molecular complexity index is 609. The minimum absolute atomic E-state index is 0.0916. The third-order valence-electron chi connectivity index (χ3n) is 3.19. The standard InChI is InChI=1S/C16H14ClNO/c1-18-15(13-8-5-9-14(17)10-13)11-16(19-18)12-6-3-2-4-7-12/h2-11,15H,1H3. The van der Waals surface area contributed by atoms with Gasteiger partial charge in [-0.25, -0.2) is 0 Å². The van der Waals surface area contributed by atoms with E-state index in [0.29, 0.717) is 0 Å². The highest BCUT2D eigenvalue weighted by Gasteiger charge is 2.25. The zero-order valence-corrected chi connectivity index (χ0v) is 11.3. The number of rotatable bonds is 2. The van der Waals surface area contributed by atoms with Gasteiger partial charge >= 0.3 is 0 Å². The molecule has 0 saturated heterocycles. The average Bonchev–Trinajstić information content (AvgIpc) is 2.82. The van der Waals surface area contributed by atoms with Gasteiger partial charge < -0.3 is 4.84 Å². The van der Waals surface area contributed by atoms with E-state index in [0.717, 1.165) is 21.9 Å². The number of nitrogens with zero attached hydrogens (tertiary/aromatic N) is 1. The van der Waals surface area contributed by atoms with Crippen LogP contribution in [-0.2, 0) is 4.84 Å². The first-order chi connectivity index (χ1) is 9.24. The first-order valence-corrected chi connectivity index (χ1v) is 6.55. The Labute approximate surface area is 117 Å². The molecule has 19 heavy (non-hydrogen) atoms. The summed E-state index contributed by atoms with van der Waals surface area (Å²) in [4.78, 5) is 5.81. The fourth-order valence-electron chi connectivity index (χ4n) is 2.24. The number of benzene rings is 2. The molecule has 96 valence electrons. The van der Waals surface area contributed by atoms with Crippen LogP contribution in [0.15, 0.2) is 60.7 Å². The Balaban J connectivity index is 1.94. The van der Waals surface area contributed by atoms with E-state index in [2.05, 4.69) is 12.1 Å². The van der Waals surface area contributed by atoms with Crippen LogP contribution >= 0.6 is 11.6 Å². The molecule has 3 rings (SSSR count). The molecule has 0 radical (unpaired) electrons. The molecule has 0 bridgehead atoms. The molecule has 0 aromatic heterocycles. The molecular weight excluding hydrogens is 258 g/mol. The third-order valence-corrected chi connectivity index (χ3v) is 3.43. The summed E-state index contributed by atoms with van der Waals surface area (Å²) in [5, 5.41) is 2.58. The predicted molar refractivity (Wildman–Crippen MR) is 77.5 cm³/mol. The van der Waals surface area contributed by atoms with Gasteiger partial charge in [0.2, 0.25) is 0 Å². The van der Waals surface area contributed by atoms with Gasteiger partial charge in [0.1, 0.15) is 0 Å². The van der Waals surface area contributed by atoms with Crippen LogP contribution in [0.4, 0.5) is 0 Å². The minimum Gasteiger partial charge on any atom is -0.405 e. The predicted octanol–water partition coefficient (Wildman–Crippen LogP) is 4.30. The van der Waals surface area contributed by atoms with E-state index in [1.807, 2.05) is 60.6 Å². The summed E-state index contributed by atoms with van der Waals surface area (Å²) in [6.07, 6.45) is 2.11. The van der Waals surface area contributed by atoms with Crippen molar-refractivity contribution in [1.29, 1.82) is 0 Å². The summed E-state index contributed by atoms with van der Waals surface area (Å²) < 4.78 is 0. The Morgan fingerprint density at radius 2 is 1.84 bits per heavy atom. The minimum atomic E-state index is 0.0916. The van der Waals surface area contributed by atoms with Crippen molar-refractivity contribution in [3.8, 4) is 0 Å². The second-order valence-corrected chi connectivity index (χ2v) is 4.97. The molecule has 3 heteroatoms. The van der Waals surface area contributed by atoms with E-state index < -0.39 is 0 Å². The Kier molecular flexibility index (Phi) is 3.28. The number of hydroxylamine groups is 2. The summed E-state index contributed by atoms with van der Waals surface area (Å²) in [5.41, 5.74) is 2.21. The van der Waals surface area contributed by atoms with Crippen LogP contribution in [0.25, 0.3) is 5.76 Å². The van der Waals surface area contributed by atoms with E-state index in [9.17, 15) is 0 Å². The summed E-state index contributed by atoms with van der Waals surface area (Å²) in [7, 11) is 1.93. The van der Waals surface area contributed by atoms with E-state index in [-0.39, 0.29) is 6.04 Å². The van der Waals surface area contributed by atoms with Crippen molar-refractivity contribution < 1.29 is 4.84 Å². The molecule has 2 nitrogen and oxygen atoms in total. The molecule has 0 aliphatic carbocycles. The maximum atomic E-state index is 6.04. The van der Waals surface area contributed by atoms with Gasteiger partial charge in [-0.3, -0.25) is 0 Å². The topological polar surface area (TPSA) is 12.5 Å². The molecule has 1 atom stereocenters. The number of halogens is 1. The van der Waals surface area contributed by atoms with Gasteiger partial charge in [0, 0.05) is 17.6 Å². The van der Waals surface area contributed by atoms with Crippen LogP contribution < -0.4 is 0 Å². The van der Waals surface area contributed by atoms with Crippen molar-refractivity contribution in [3.05, 3.63) is 76.8 Å². The largest absolute Gasteiger partial charge is 0.405 e. The van der Waals surface area contributed by atoms with E-state index >= 15 is 0 Å². The second-order valence-electron chi connectivity index (χ2n) is 4.53. The fourth-order valence-corrected chi connectivity index (χ4v) is 2.44. The molecule has 1 aliphatic heterocycles. The molecule has 0 N–H and O–H groups in total. The van der Waals surface area contributed by atoms with Gasteiger partial charge in [0.25, 0.3) is 0 Å². The number of hydrogen-bond donors (Lipinski definition) is 0. The van der Waals surface area contributed by atoms with Crippen molar-refractivity contribution in [2.24, 2.45) is 0 Å². The van der Waals surface area contributed by atoms with Gasteiger partial charge in [0.15, 0.2) is 5.76 Å². The highest BCUT2D eigenvalue weighted by atomic mass is 35.5. The zero-order chi connectivity index (χ0) is 13.2. The van der Waals surface area contributed by atoms with Gasteiger partial charge in [-0.15, -0.1) is 5.06 Å². The Hall–Kier alpha value is -1.77. The van der Waals surface area contributed by atoms with Crippen LogP contribution in [-0.4, -0.2) is 12.1 Å². The quantitative estimate of drug-likeness (QED) is 0.807. The lowest BCUT2D eigenvalue weighted by atomic mass is 10.1. The molecule has 0 saturated carbocycles. The van der Waals surface area contributed by atoms with Gasteiger partial charge in [0.05, 0.1) is 6.04 Å². The smallest absolute Gasteiger partial charge is 0.152 e. The maximum absolute atomic E-state index is 6.04. The average molecular weight is 272 g/mol. The lowest BCUT2D eigenvalue weighted by molar-refractivity contribution is -0.0663. The van der Waals surface area contributed by atoms with Crippen molar-refractivity contribution in [2.75, 3.05) is 7.05 Å². The second kappa shape index (κ2) is 5.08.